The number of carbonyl (C=O) groups excluding carboxylic acids is 1. The lowest BCUT2D eigenvalue weighted by Crippen LogP contribution is -2.43. The van der Waals surface area contributed by atoms with Crippen molar-refractivity contribution in [2.24, 2.45) is 11.7 Å². The van der Waals surface area contributed by atoms with Gasteiger partial charge in [-0.25, -0.2) is 9.52 Å². The van der Waals surface area contributed by atoms with Crippen molar-refractivity contribution < 1.29 is 17.9 Å². The van der Waals surface area contributed by atoms with E-state index in [0.29, 0.717) is 6.42 Å². The number of nitrogens with zero attached hydrogens (tertiary/aromatic N) is 1. The first-order valence-electron chi connectivity index (χ1n) is 5.87. The Morgan fingerprint density at radius 1 is 1.44 bits per heavy atom. The predicted molar refractivity (Wildman–Crippen MR) is 69.1 cm³/mol. The van der Waals surface area contributed by atoms with Gasteiger partial charge in [0.1, 0.15) is 0 Å². The Morgan fingerprint density at radius 2 is 2.00 bits per heavy atom. The van der Waals surface area contributed by atoms with Crippen LogP contribution in [0.15, 0.2) is 0 Å². The third-order valence-electron chi connectivity index (χ3n) is 2.53. The van der Waals surface area contributed by atoms with Crippen LogP contribution in [-0.4, -0.2) is 45.1 Å². The molecular weight excluding hydrogens is 258 g/mol. The molecule has 18 heavy (non-hydrogen) atoms. The Hall–Kier alpha value is -0.860. The molecule has 108 valence electrons. The van der Waals surface area contributed by atoms with Gasteiger partial charge in [-0.05, 0) is 19.3 Å². The lowest BCUT2D eigenvalue weighted by Gasteiger charge is -2.21. The molecule has 0 fully saturated rings. The molecule has 0 rings (SSSR count). The van der Waals surface area contributed by atoms with Crippen molar-refractivity contribution in [3.63, 3.8) is 0 Å². The van der Waals surface area contributed by atoms with E-state index in [4.69, 9.17) is 5.73 Å². The molecule has 3 N–H and O–H groups in total. The van der Waals surface area contributed by atoms with E-state index in [1.54, 1.807) is 11.6 Å². The van der Waals surface area contributed by atoms with Gasteiger partial charge in [0.2, 0.25) is 0 Å². The van der Waals surface area contributed by atoms with Crippen LogP contribution in [0.2, 0.25) is 0 Å². The molecule has 0 aliphatic carbocycles. The number of carbonyl (C=O) groups is 1. The lowest BCUT2D eigenvalue weighted by molar-refractivity contribution is 0.158. The second-order valence-electron chi connectivity index (χ2n) is 4.35. The number of nitrogens with one attached hydrogen (secondary N) is 1. The first kappa shape index (κ1) is 17.1. The first-order chi connectivity index (χ1) is 8.20. The largest absolute Gasteiger partial charge is 0.449 e. The van der Waals surface area contributed by atoms with E-state index in [1.807, 2.05) is 13.8 Å². The van der Waals surface area contributed by atoms with Crippen molar-refractivity contribution in [1.82, 2.24) is 9.03 Å². The summed E-state index contributed by atoms with van der Waals surface area (Å²) in [5, 5.41) is 0. The average molecular weight is 281 g/mol. The molecule has 0 bridgehead atoms. The van der Waals surface area contributed by atoms with Crippen molar-refractivity contribution in [1.29, 1.82) is 0 Å². The molecule has 8 heteroatoms. The fourth-order valence-electron chi connectivity index (χ4n) is 1.13. The molecule has 0 saturated heterocycles. The maximum Gasteiger partial charge on any atom is 0.421 e. The number of hydrogen-bond donors (Lipinski definition) is 2. The van der Waals surface area contributed by atoms with Gasteiger partial charge in [-0.15, -0.1) is 0 Å². The first-order valence-corrected chi connectivity index (χ1v) is 7.31. The van der Waals surface area contributed by atoms with Gasteiger partial charge in [0.25, 0.3) is 0 Å². The monoisotopic (exact) mass is 281 g/mol. The minimum absolute atomic E-state index is 0.0785. The summed E-state index contributed by atoms with van der Waals surface area (Å²) in [6.07, 6.45) is -0.449. The summed E-state index contributed by atoms with van der Waals surface area (Å²) in [7, 11) is -2.47. The van der Waals surface area contributed by atoms with Gasteiger partial charge in [-0.2, -0.15) is 12.7 Å². The van der Waals surface area contributed by atoms with E-state index in [0.717, 1.165) is 4.31 Å². The summed E-state index contributed by atoms with van der Waals surface area (Å²) in [5.41, 5.74) is 5.82. The zero-order valence-corrected chi connectivity index (χ0v) is 12.2. The van der Waals surface area contributed by atoms with Gasteiger partial charge in [0.15, 0.2) is 0 Å². The SMILES string of the molecule is CCOC(=O)NS(=O)(=O)N(C)CCC(N)C(C)C. The third-order valence-corrected chi connectivity index (χ3v) is 3.96. The van der Waals surface area contributed by atoms with Crippen molar-refractivity contribution in [2.75, 3.05) is 20.2 Å². The number of ether oxygens (including phenoxy) is 1. The quantitative estimate of drug-likeness (QED) is 0.698. The van der Waals surface area contributed by atoms with Crippen LogP contribution in [0.25, 0.3) is 0 Å². The highest BCUT2D eigenvalue weighted by Gasteiger charge is 2.21. The van der Waals surface area contributed by atoms with Crippen molar-refractivity contribution in [3.05, 3.63) is 0 Å². The molecule has 0 aromatic heterocycles. The van der Waals surface area contributed by atoms with Gasteiger partial charge < -0.3 is 10.5 Å². The number of rotatable bonds is 7. The summed E-state index contributed by atoms with van der Waals surface area (Å²) < 4.78 is 30.7. The second-order valence-corrected chi connectivity index (χ2v) is 6.12. The Balaban J connectivity index is 4.31. The summed E-state index contributed by atoms with van der Waals surface area (Å²) in [5.74, 6) is 0.277. The molecule has 0 aromatic rings. The Labute approximate surface area is 109 Å². The van der Waals surface area contributed by atoms with Gasteiger partial charge in [-0.3, -0.25) is 0 Å². The standard InChI is InChI=1S/C10H23N3O4S/c1-5-17-10(14)12-18(15,16)13(4)7-6-9(11)8(2)3/h8-9H,5-7,11H2,1-4H3,(H,12,14). The summed E-state index contributed by atoms with van der Waals surface area (Å²) >= 11 is 0. The number of nitrogens with two attached hydrogens (primary N) is 1. The molecule has 0 spiro atoms. The topological polar surface area (TPSA) is 102 Å². The van der Waals surface area contributed by atoms with E-state index in [9.17, 15) is 13.2 Å². The van der Waals surface area contributed by atoms with Crippen LogP contribution in [-0.2, 0) is 14.9 Å². The molecule has 1 amide bonds. The molecule has 0 aliphatic rings. The Morgan fingerprint density at radius 3 is 2.44 bits per heavy atom. The zero-order valence-electron chi connectivity index (χ0n) is 11.3. The number of amides is 1. The maximum absolute atomic E-state index is 11.7. The molecule has 0 radical (unpaired) electrons. The minimum atomic E-state index is -3.85. The summed E-state index contributed by atoms with van der Waals surface area (Å²) in [6, 6.07) is -0.0785. The third kappa shape index (κ3) is 6.18. The predicted octanol–water partition coefficient (Wildman–Crippen LogP) is 0.283. The van der Waals surface area contributed by atoms with Crippen LogP contribution in [0.5, 0.6) is 0 Å². The Bertz CT molecular complexity index is 356. The normalized spacial score (nSPS) is 13.7. The van der Waals surface area contributed by atoms with Crippen LogP contribution in [0, 0.1) is 5.92 Å². The molecule has 1 unspecified atom stereocenters. The number of hydrogen-bond acceptors (Lipinski definition) is 5. The van der Waals surface area contributed by atoms with Crippen LogP contribution in [0.3, 0.4) is 0 Å². The van der Waals surface area contributed by atoms with Crippen LogP contribution in [0.1, 0.15) is 27.2 Å². The van der Waals surface area contributed by atoms with E-state index < -0.39 is 16.3 Å². The van der Waals surface area contributed by atoms with Gasteiger partial charge >= 0.3 is 16.3 Å². The van der Waals surface area contributed by atoms with Gasteiger partial charge in [0.05, 0.1) is 6.61 Å². The van der Waals surface area contributed by atoms with E-state index in [2.05, 4.69) is 4.74 Å². The fourth-order valence-corrected chi connectivity index (χ4v) is 1.90. The van der Waals surface area contributed by atoms with Crippen LogP contribution in [0.4, 0.5) is 4.79 Å². The second kappa shape index (κ2) is 7.55. The molecule has 0 aliphatic heterocycles. The summed E-state index contributed by atoms with van der Waals surface area (Å²) in [6.45, 7) is 5.89. The molecule has 0 saturated carbocycles. The summed E-state index contributed by atoms with van der Waals surface area (Å²) in [4.78, 5) is 11.0. The molecule has 1 atom stereocenters. The smallest absolute Gasteiger partial charge is 0.421 e. The van der Waals surface area contributed by atoms with Gasteiger partial charge in [-0.1, -0.05) is 13.8 Å². The average Bonchev–Trinajstić information content (AvgIpc) is 2.24. The highest BCUT2D eigenvalue weighted by atomic mass is 32.2. The Kier molecular flexibility index (Phi) is 7.19. The van der Waals surface area contributed by atoms with Crippen LogP contribution < -0.4 is 10.5 Å². The molecule has 0 heterocycles. The van der Waals surface area contributed by atoms with E-state index >= 15 is 0 Å². The molecule has 0 aromatic carbocycles. The van der Waals surface area contributed by atoms with Crippen LogP contribution >= 0.6 is 0 Å². The van der Waals surface area contributed by atoms with Gasteiger partial charge in [0, 0.05) is 19.6 Å². The minimum Gasteiger partial charge on any atom is -0.449 e. The van der Waals surface area contributed by atoms with Crippen molar-refractivity contribution in [2.45, 2.75) is 33.2 Å². The van der Waals surface area contributed by atoms with Crippen molar-refractivity contribution >= 4 is 16.3 Å². The lowest BCUT2D eigenvalue weighted by atomic mass is 10.0. The highest BCUT2D eigenvalue weighted by Crippen LogP contribution is 2.05. The highest BCUT2D eigenvalue weighted by molar-refractivity contribution is 7.87. The fraction of sp³-hybridized carbons (Fsp3) is 0.900. The van der Waals surface area contributed by atoms with Crippen molar-refractivity contribution in [3.8, 4) is 0 Å². The maximum atomic E-state index is 11.7. The van der Waals surface area contributed by atoms with E-state index in [1.165, 1.54) is 7.05 Å². The zero-order chi connectivity index (χ0) is 14.3. The molecule has 7 nitrogen and oxygen atoms in total. The van der Waals surface area contributed by atoms with E-state index in [-0.39, 0.29) is 25.1 Å². The molecular formula is C10H23N3O4S.